The highest BCUT2D eigenvalue weighted by Crippen LogP contribution is 2.28. The van der Waals surface area contributed by atoms with Crippen LogP contribution in [-0.2, 0) is 5.88 Å². The minimum Gasteiger partial charge on any atom is -0.353 e. The number of hydrogen-bond acceptors (Lipinski definition) is 2. The first-order valence-electron chi connectivity index (χ1n) is 6.00. The standard InChI is InChI=1S/C13H19ClN2/c1-10(2)12-4-3-7-16(12)13-8-11(9-14)5-6-15-13/h5-6,8,10,12H,3-4,7,9H2,1-2H3. The summed E-state index contributed by atoms with van der Waals surface area (Å²) in [6.07, 6.45) is 4.42. The zero-order chi connectivity index (χ0) is 11.5. The van der Waals surface area contributed by atoms with Gasteiger partial charge in [0.05, 0.1) is 0 Å². The van der Waals surface area contributed by atoms with E-state index in [1.54, 1.807) is 0 Å². The van der Waals surface area contributed by atoms with E-state index in [0.717, 1.165) is 17.9 Å². The Bertz CT molecular complexity index is 352. The minimum atomic E-state index is 0.565. The first-order chi connectivity index (χ1) is 7.72. The molecule has 88 valence electrons. The molecule has 1 aliphatic rings. The van der Waals surface area contributed by atoms with Crippen molar-refractivity contribution in [3.63, 3.8) is 0 Å². The van der Waals surface area contributed by atoms with Crippen LogP contribution in [0.1, 0.15) is 32.3 Å². The van der Waals surface area contributed by atoms with Crippen molar-refractivity contribution in [2.24, 2.45) is 5.92 Å². The van der Waals surface area contributed by atoms with Crippen LogP contribution >= 0.6 is 11.6 Å². The molecule has 1 aromatic heterocycles. The van der Waals surface area contributed by atoms with Crippen LogP contribution in [0.25, 0.3) is 0 Å². The molecule has 1 fully saturated rings. The summed E-state index contributed by atoms with van der Waals surface area (Å²) in [5, 5.41) is 0. The van der Waals surface area contributed by atoms with Crippen LogP contribution in [0.4, 0.5) is 5.82 Å². The van der Waals surface area contributed by atoms with Gasteiger partial charge in [0.25, 0.3) is 0 Å². The Morgan fingerprint density at radius 1 is 1.56 bits per heavy atom. The van der Waals surface area contributed by atoms with Gasteiger partial charge in [-0.25, -0.2) is 4.98 Å². The van der Waals surface area contributed by atoms with Crippen LogP contribution in [0.15, 0.2) is 18.3 Å². The van der Waals surface area contributed by atoms with Gasteiger partial charge in [0.1, 0.15) is 5.82 Å². The van der Waals surface area contributed by atoms with E-state index in [1.165, 1.54) is 12.8 Å². The Hall–Kier alpha value is -0.760. The fraction of sp³-hybridized carbons (Fsp3) is 0.615. The molecule has 0 aromatic carbocycles. The smallest absolute Gasteiger partial charge is 0.129 e. The second kappa shape index (κ2) is 5.05. The molecule has 2 heterocycles. The first-order valence-corrected chi connectivity index (χ1v) is 6.53. The summed E-state index contributed by atoms with van der Waals surface area (Å²) in [6, 6.07) is 4.74. The number of hydrogen-bond donors (Lipinski definition) is 0. The van der Waals surface area contributed by atoms with Crippen molar-refractivity contribution in [2.45, 2.75) is 38.6 Å². The highest BCUT2D eigenvalue weighted by Gasteiger charge is 2.27. The Labute approximate surface area is 103 Å². The second-order valence-corrected chi connectivity index (χ2v) is 5.07. The molecule has 0 saturated carbocycles. The lowest BCUT2D eigenvalue weighted by Crippen LogP contribution is -2.33. The summed E-state index contributed by atoms with van der Waals surface area (Å²) >= 11 is 5.86. The topological polar surface area (TPSA) is 16.1 Å². The Balaban J connectivity index is 2.22. The molecule has 0 bridgehead atoms. The average molecular weight is 239 g/mol. The quantitative estimate of drug-likeness (QED) is 0.750. The lowest BCUT2D eigenvalue weighted by atomic mass is 10.0. The summed E-state index contributed by atoms with van der Waals surface area (Å²) in [7, 11) is 0. The minimum absolute atomic E-state index is 0.565. The zero-order valence-corrected chi connectivity index (χ0v) is 10.7. The van der Waals surface area contributed by atoms with E-state index in [9.17, 15) is 0 Å². The van der Waals surface area contributed by atoms with Gasteiger partial charge in [-0.2, -0.15) is 0 Å². The molecule has 1 unspecified atom stereocenters. The first kappa shape index (κ1) is 11.7. The summed E-state index contributed by atoms with van der Waals surface area (Å²) < 4.78 is 0. The van der Waals surface area contributed by atoms with Crippen molar-refractivity contribution >= 4 is 17.4 Å². The van der Waals surface area contributed by atoms with Crippen LogP contribution in [0, 0.1) is 5.92 Å². The monoisotopic (exact) mass is 238 g/mol. The molecule has 1 atom stereocenters. The van der Waals surface area contributed by atoms with Crippen molar-refractivity contribution < 1.29 is 0 Å². The van der Waals surface area contributed by atoms with Crippen LogP contribution in [0.2, 0.25) is 0 Å². The predicted molar refractivity (Wildman–Crippen MR) is 69.0 cm³/mol. The molecule has 2 nitrogen and oxygen atoms in total. The van der Waals surface area contributed by atoms with Crippen LogP contribution in [0.5, 0.6) is 0 Å². The molecular formula is C13H19ClN2. The van der Waals surface area contributed by atoms with Crippen molar-refractivity contribution in [1.29, 1.82) is 0 Å². The Morgan fingerprint density at radius 3 is 3.06 bits per heavy atom. The molecule has 0 amide bonds. The maximum atomic E-state index is 5.86. The van der Waals surface area contributed by atoms with Gasteiger partial charge in [0, 0.05) is 24.7 Å². The van der Waals surface area contributed by atoms with Gasteiger partial charge in [0.15, 0.2) is 0 Å². The lowest BCUT2D eigenvalue weighted by Gasteiger charge is -2.28. The second-order valence-electron chi connectivity index (χ2n) is 4.80. The van der Waals surface area contributed by atoms with Gasteiger partial charge < -0.3 is 4.90 Å². The van der Waals surface area contributed by atoms with Crippen LogP contribution < -0.4 is 4.90 Å². The largest absolute Gasteiger partial charge is 0.353 e. The summed E-state index contributed by atoms with van der Waals surface area (Å²) in [6.45, 7) is 5.70. The molecule has 0 aliphatic carbocycles. The van der Waals surface area contributed by atoms with Crippen LogP contribution in [0.3, 0.4) is 0 Å². The molecule has 1 aromatic rings. The van der Waals surface area contributed by atoms with E-state index in [1.807, 2.05) is 12.3 Å². The summed E-state index contributed by atoms with van der Waals surface area (Å²) in [5.41, 5.74) is 1.15. The molecule has 0 spiro atoms. The fourth-order valence-corrected chi connectivity index (χ4v) is 2.64. The molecule has 0 N–H and O–H groups in total. The van der Waals surface area contributed by atoms with Gasteiger partial charge in [-0.3, -0.25) is 0 Å². The average Bonchev–Trinajstić information content (AvgIpc) is 2.78. The fourth-order valence-electron chi connectivity index (χ4n) is 2.47. The molecular weight excluding hydrogens is 220 g/mol. The zero-order valence-electron chi connectivity index (χ0n) is 9.99. The van der Waals surface area contributed by atoms with E-state index < -0.39 is 0 Å². The van der Waals surface area contributed by atoms with Gasteiger partial charge in [-0.05, 0) is 36.5 Å². The molecule has 3 heteroatoms. The van der Waals surface area contributed by atoms with E-state index >= 15 is 0 Å². The number of pyridine rings is 1. The van der Waals surface area contributed by atoms with Crippen LogP contribution in [-0.4, -0.2) is 17.6 Å². The van der Waals surface area contributed by atoms with Gasteiger partial charge in [0.2, 0.25) is 0 Å². The molecule has 0 radical (unpaired) electrons. The highest BCUT2D eigenvalue weighted by atomic mass is 35.5. The van der Waals surface area contributed by atoms with E-state index in [2.05, 4.69) is 29.8 Å². The number of halogens is 1. The Kier molecular flexibility index (Phi) is 3.70. The molecule has 1 aliphatic heterocycles. The normalized spacial score (nSPS) is 20.8. The predicted octanol–water partition coefficient (Wildman–Crippen LogP) is 3.45. The maximum absolute atomic E-state index is 5.86. The van der Waals surface area contributed by atoms with Gasteiger partial charge >= 0.3 is 0 Å². The number of aromatic nitrogens is 1. The maximum Gasteiger partial charge on any atom is 0.129 e. The number of rotatable bonds is 3. The third-order valence-electron chi connectivity index (χ3n) is 3.33. The lowest BCUT2D eigenvalue weighted by molar-refractivity contribution is 0.489. The molecule has 16 heavy (non-hydrogen) atoms. The van der Waals surface area contributed by atoms with Crippen molar-refractivity contribution in [3.8, 4) is 0 Å². The Morgan fingerprint density at radius 2 is 2.38 bits per heavy atom. The van der Waals surface area contributed by atoms with Gasteiger partial charge in [-0.15, -0.1) is 11.6 Å². The van der Waals surface area contributed by atoms with Crippen molar-refractivity contribution in [1.82, 2.24) is 4.98 Å². The number of alkyl halides is 1. The molecule has 2 rings (SSSR count). The van der Waals surface area contributed by atoms with Crippen molar-refractivity contribution in [2.75, 3.05) is 11.4 Å². The number of nitrogens with zero attached hydrogens (tertiary/aromatic N) is 2. The van der Waals surface area contributed by atoms with E-state index in [-0.39, 0.29) is 0 Å². The van der Waals surface area contributed by atoms with Crippen molar-refractivity contribution in [3.05, 3.63) is 23.9 Å². The molecule has 1 saturated heterocycles. The van der Waals surface area contributed by atoms with E-state index in [0.29, 0.717) is 17.8 Å². The summed E-state index contributed by atoms with van der Waals surface area (Å²) in [4.78, 5) is 6.90. The van der Waals surface area contributed by atoms with Gasteiger partial charge in [-0.1, -0.05) is 13.8 Å². The van der Waals surface area contributed by atoms with E-state index in [4.69, 9.17) is 11.6 Å². The summed E-state index contributed by atoms with van der Waals surface area (Å²) in [5.74, 6) is 2.34. The SMILES string of the molecule is CC(C)C1CCCN1c1cc(CCl)ccn1. The third kappa shape index (κ3) is 2.32. The highest BCUT2D eigenvalue weighted by molar-refractivity contribution is 6.17. The number of anilines is 1. The third-order valence-corrected chi connectivity index (χ3v) is 3.64.